The molecular formula is C24H32N4O3. The Labute approximate surface area is 183 Å². The third-order valence-corrected chi connectivity index (χ3v) is 6.58. The number of hydrogen-bond acceptors (Lipinski definition) is 4. The van der Waals surface area contributed by atoms with Crippen LogP contribution in [0.25, 0.3) is 0 Å². The zero-order valence-corrected chi connectivity index (χ0v) is 18.3. The maximum Gasteiger partial charge on any atom is 0.233 e. The molecule has 3 aliphatic rings. The molecule has 1 aliphatic heterocycles. The number of carbonyl (C=O) groups excluding carboxylic acids is 2. The van der Waals surface area contributed by atoms with Crippen LogP contribution in [-0.2, 0) is 16.0 Å². The van der Waals surface area contributed by atoms with Crippen molar-refractivity contribution in [2.45, 2.75) is 26.2 Å². The predicted octanol–water partition coefficient (Wildman–Crippen LogP) is 1.99. The summed E-state index contributed by atoms with van der Waals surface area (Å²) in [5, 5.41) is 6.60. The number of nitrogens with zero attached hydrogens (tertiary/aromatic N) is 2. The fourth-order valence-electron chi connectivity index (χ4n) is 5.06. The van der Waals surface area contributed by atoms with E-state index in [4.69, 9.17) is 4.74 Å². The van der Waals surface area contributed by atoms with Crippen LogP contribution in [0.1, 0.15) is 25.3 Å². The molecule has 2 fully saturated rings. The van der Waals surface area contributed by atoms with E-state index in [0.29, 0.717) is 19.5 Å². The molecule has 1 saturated carbocycles. The number of allylic oxidation sites excluding steroid dienone is 2. The Morgan fingerprint density at radius 2 is 1.77 bits per heavy atom. The fourth-order valence-corrected chi connectivity index (χ4v) is 5.06. The average Bonchev–Trinajstić information content (AvgIpc) is 3.46. The monoisotopic (exact) mass is 424 g/mol. The van der Waals surface area contributed by atoms with Gasteiger partial charge in [-0.1, -0.05) is 24.3 Å². The van der Waals surface area contributed by atoms with Gasteiger partial charge in [-0.3, -0.25) is 19.5 Å². The molecule has 2 N–H and O–H groups in total. The second-order valence-corrected chi connectivity index (χ2v) is 8.47. The maximum absolute atomic E-state index is 12.7. The summed E-state index contributed by atoms with van der Waals surface area (Å²) < 4.78 is 5.19. The fraction of sp³-hybridized carbons (Fsp3) is 0.542. The quantitative estimate of drug-likeness (QED) is 0.208. The molecule has 31 heavy (non-hydrogen) atoms. The van der Waals surface area contributed by atoms with Gasteiger partial charge in [-0.05, 0) is 55.7 Å². The molecule has 2 aliphatic carbocycles. The van der Waals surface area contributed by atoms with Gasteiger partial charge in [-0.2, -0.15) is 0 Å². The number of aliphatic imine (C=N–C) groups is 1. The minimum atomic E-state index is -0.108. The highest BCUT2D eigenvalue weighted by molar-refractivity contribution is 6.06. The van der Waals surface area contributed by atoms with Crippen molar-refractivity contribution in [1.82, 2.24) is 15.5 Å². The van der Waals surface area contributed by atoms with Gasteiger partial charge in [0.1, 0.15) is 5.75 Å². The van der Waals surface area contributed by atoms with Crippen LogP contribution in [0.15, 0.2) is 41.4 Å². The zero-order valence-electron chi connectivity index (χ0n) is 18.3. The van der Waals surface area contributed by atoms with Gasteiger partial charge in [0.15, 0.2) is 5.96 Å². The highest BCUT2D eigenvalue weighted by Gasteiger charge is 2.58. The van der Waals surface area contributed by atoms with Crippen LogP contribution in [0.2, 0.25) is 0 Å². The number of nitrogens with one attached hydrogen (secondary N) is 2. The molecule has 1 saturated heterocycles. The standard InChI is InChI=1S/C24H32N4O3/c1-3-25-24(27-13-11-16-5-9-19(31-2)10-6-16)26-12-4-14-28-22(29)20-17-7-8-18(15-17)21(20)23(28)30/h5-10,17-18,20-21H,3-4,11-15H2,1-2H3,(H2,25,26,27). The predicted molar refractivity (Wildman–Crippen MR) is 120 cm³/mol. The number of ether oxygens (including phenoxy) is 1. The SMILES string of the molecule is CCNC(=NCCCN1C(=O)C2C3C=CC(C3)C2C1=O)NCCc1ccc(OC)cc1. The third-order valence-electron chi connectivity index (χ3n) is 6.58. The van der Waals surface area contributed by atoms with Crippen LogP contribution in [-0.4, -0.2) is 56.0 Å². The Balaban J connectivity index is 1.22. The van der Waals surface area contributed by atoms with Crippen LogP contribution >= 0.6 is 0 Å². The molecule has 7 nitrogen and oxygen atoms in total. The van der Waals surface area contributed by atoms with Crippen molar-refractivity contribution in [3.63, 3.8) is 0 Å². The summed E-state index contributed by atoms with van der Waals surface area (Å²) in [6.07, 6.45) is 6.79. The number of likely N-dealkylation sites (tertiary alicyclic amines) is 1. The average molecular weight is 425 g/mol. The van der Waals surface area contributed by atoms with Gasteiger partial charge >= 0.3 is 0 Å². The molecule has 0 radical (unpaired) electrons. The lowest BCUT2D eigenvalue weighted by Crippen LogP contribution is -2.38. The second-order valence-electron chi connectivity index (χ2n) is 8.47. The largest absolute Gasteiger partial charge is 0.497 e. The number of guanidine groups is 1. The Morgan fingerprint density at radius 3 is 2.39 bits per heavy atom. The Bertz CT molecular complexity index is 834. The second kappa shape index (κ2) is 9.54. The molecule has 0 spiro atoms. The Kier molecular flexibility index (Phi) is 6.59. The summed E-state index contributed by atoms with van der Waals surface area (Å²) in [6, 6.07) is 8.05. The summed E-state index contributed by atoms with van der Waals surface area (Å²) in [4.78, 5) is 31.6. The lowest BCUT2D eigenvalue weighted by Gasteiger charge is -2.17. The van der Waals surface area contributed by atoms with Crippen molar-refractivity contribution < 1.29 is 14.3 Å². The topological polar surface area (TPSA) is 83.0 Å². The molecule has 4 rings (SSSR count). The van der Waals surface area contributed by atoms with Gasteiger partial charge in [0, 0.05) is 26.2 Å². The van der Waals surface area contributed by atoms with Crippen LogP contribution < -0.4 is 15.4 Å². The number of fused-ring (bicyclic) bond motifs is 5. The summed E-state index contributed by atoms with van der Waals surface area (Å²) in [5.74, 6) is 1.99. The summed E-state index contributed by atoms with van der Waals surface area (Å²) >= 11 is 0. The van der Waals surface area contributed by atoms with E-state index in [1.54, 1.807) is 7.11 Å². The lowest BCUT2D eigenvalue weighted by atomic mass is 9.85. The number of carbonyl (C=O) groups is 2. The molecule has 0 aromatic heterocycles. The van der Waals surface area contributed by atoms with Gasteiger partial charge in [0.25, 0.3) is 0 Å². The van der Waals surface area contributed by atoms with E-state index < -0.39 is 0 Å². The summed E-state index contributed by atoms with van der Waals surface area (Å²) in [6.45, 7) is 4.59. The first-order valence-electron chi connectivity index (χ1n) is 11.3. The Morgan fingerprint density at radius 1 is 1.10 bits per heavy atom. The number of rotatable bonds is 9. The first kappa shape index (κ1) is 21.4. The number of amides is 2. The van der Waals surface area contributed by atoms with Crippen LogP contribution in [0.4, 0.5) is 0 Å². The normalized spacial score (nSPS) is 26.5. The van der Waals surface area contributed by atoms with Gasteiger partial charge < -0.3 is 15.4 Å². The number of hydrogen-bond donors (Lipinski definition) is 2. The molecule has 2 amide bonds. The highest BCUT2D eigenvalue weighted by atomic mass is 16.5. The van der Waals surface area contributed by atoms with Crippen LogP contribution in [0.3, 0.4) is 0 Å². The first-order chi connectivity index (χ1) is 15.1. The van der Waals surface area contributed by atoms with E-state index in [0.717, 1.165) is 37.6 Å². The molecule has 4 unspecified atom stereocenters. The minimum Gasteiger partial charge on any atom is -0.497 e. The van der Waals surface area contributed by atoms with Gasteiger partial charge in [0.05, 0.1) is 18.9 Å². The van der Waals surface area contributed by atoms with E-state index >= 15 is 0 Å². The zero-order chi connectivity index (χ0) is 21.8. The Hall–Kier alpha value is -2.83. The molecule has 1 heterocycles. The van der Waals surface area contributed by atoms with Crippen molar-refractivity contribution in [3.05, 3.63) is 42.0 Å². The van der Waals surface area contributed by atoms with Crippen molar-refractivity contribution in [2.24, 2.45) is 28.7 Å². The van der Waals surface area contributed by atoms with E-state index in [9.17, 15) is 9.59 Å². The van der Waals surface area contributed by atoms with Gasteiger partial charge in [0.2, 0.25) is 11.8 Å². The number of imide groups is 1. The van der Waals surface area contributed by atoms with Crippen LogP contribution in [0, 0.1) is 23.7 Å². The van der Waals surface area contributed by atoms with Crippen LogP contribution in [0.5, 0.6) is 5.75 Å². The number of methoxy groups -OCH3 is 1. The highest BCUT2D eigenvalue weighted by Crippen LogP contribution is 2.52. The third kappa shape index (κ3) is 4.45. The molecule has 2 bridgehead atoms. The summed E-state index contributed by atoms with van der Waals surface area (Å²) in [7, 11) is 1.66. The van der Waals surface area contributed by atoms with Crippen molar-refractivity contribution in [2.75, 3.05) is 33.3 Å². The molecule has 1 aromatic carbocycles. The smallest absolute Gasteiger partial charge is 0.233 e. The van der Waals surface area contributed by atoms with Crippen molar-refractivity contribution in [1.29, 1.82) is 0 Å². The van der Waals surface area contributed by atoms with Crippen molar-refractivity contribution >= 4 is 17.8 Å². The summed E-state index contributed by atoms with van der Waals surface area (Å²) in [5.41, 5.74) is 1.23. The molecule has 4 atom stereocenters. The first-order valence-corrected chi connectivity index (χ1v) is 11.3. The van der Waals surface area contributed by atoms with Gasteiger partial charge in [-0.15, -0.1) is 0 Å². The van der Waals surface area contributed by atoms with E-state index in [-0.39, 0.29) is 35.5 Å². The van der Waals surface area contributed by atoms with Gasteiger partial charge in [-0.25, -0.2) is 0 Å². The maximum atomic E-state index is 12.7. The molecule has 1 aromatic rings. The molecular weight excluding hydrogens is 392 g/mol. The molecule has 7 heteroatoms. The minimum absolute atomic E-state index is 0.0281. The van der Waals surface area contributed by atoms with E-state index in [1.807, 2.05) is 19.1 Å². The van der Waals surface area contributed by atoms with Crippen molar-refractivity contribution in [3.8, 4) is 5.75 Å². The lowest BCUT2D eigenvalue weighted by molar-refractivity contribution is -0.140. The van der Waals surface area contributed by atoms with E-state index in [2.05, 4.69) is 39.9 Å². The van der Waals surface area contributed by atoms with E-state index in [1.165, 1.54) is 10.5 Å². The molecule has 166 valence electrons. The number of benzene rings is 1.